The highest BCUT2D eigenvalue weighted by Gasteiger charge is 2.19. The first-order valence-electron chi connectivity index (χ1n) is 5.32. The Bertz CT molecular complexity index is 431. The van der Waals surface area contributed by atoms with Gasteiger partial charge in [0.05, 0.1) is 11.8 Å². The summed E-state index contributed by atoms with van der Waals surface area (Å²) in [4.78, 5) is 14.1. The molecule has 18 heavy (non-hydrogen) atoms. The molecule has 1 aromatic rings. The molecular weight excluding hydrogens is 259 g/mol. The van der Waals surface area contributed by atoms with Gasteiger partial charge in [0.1, 0.15) is 6.10 Å². The number of aliphatic hydroxyl groups excluding tert-OH is 2. The van der Waals surface area contributed by atoms with Crippen LogP contribution in [0.15, 0.2) is 12.3 Å². The maximum atomic E-state index is 12.8. The summed E-state index contributed by atoms with van der Waals surface area (Å²) in [5.41, 5.74) is 5.38. The van der Waals surface area contributed by atoms with Crippen LogP contribution in [0, 0.1) is 5.95 Å². The zero-order valence-corrected chi connectivity index (χ0v) is 10.7. The number of nitrogen functional groups attached to an aromatic ring is 1. The van der Waals surface area contributed by atoms with Gasteiger partial charge < -0.3 is 15.9 Å². The average Bonchev–Trinajstić information content (AvgIpc) is 2.31. The van der Waals surface area contributed by atoms with Crippen molar-refractivity contribution in [2.45, 2.75) is 25.6 Å². The molecule has 100 valence electrons. The molecule has 0 aliphatic heterocycles. The van der Waals surface area contributed by atoms with E-state index in [1.165, 1.54) is 13.0 Å². The fourth-order valence-electron chi connectivity index (χ4n) is 1.35. The van der Waals surface area contributed by atoms with E-state index >= 15 is 0 Å². The molecule has 0 aliphatic carbocycles. The normalized spacial score (nSPS) is 14.2. The highest BCUT2D eigenvalue weighted by Crippen LogP contribution is 2.22. The third-order valence-corrected chi connectivity index (χ3v) is 3.16. The molecule has 1 rings (SSSR count). The number of aliphatic hydroxyl groups is 2. The number of thioether (sulfide) groups is 1. The molecule has 7 heteroatoms. The Kier molecular flexibility index (Phi) is 5.52. The fourth-order valence-corrected chi connectivity index (χ4v) is 1.99. The highest BCUT2D eigenvalue weighted by atomic mass is 32.2. The summed E-state index contributed by atoms with van der Waals surface area (Å²) >= 11 is 1.07. The van der Waals surface area contributed by atoms with Gasteiger partial charge in [-0.25, -0.2) is 4.98 Å². The first-order chi connectivity index (χ1) is 8.41. The Morgan fingerprint density at radius 3 is 2.83 bits per heavy atom. The highest BCUT2D eigenvalue weighted by molar-refractivity contribution is 8.13. The Hall–Kier alpha value is -1.18. The maximum Gasteiger partial charge on any atom is 0.236 e. The Morgan fingerprint density at radius 2 is 2.28 bits per heavy atom. The Balaban J connectivity index is 2.59. The number of carbonyl (C=O) groups excluding carboxylic acids is 1. The number of nitrogens with zero attached hydrogens (tertiary/aromatic N) is 1. The summed E-state index contributed by atoms with van der Waals surface area (Å²) in [5.74, 6) is -0.412. The van der Waals surface area contributed by atoms with E-state index in [0.29, 0.717) is 5.75 Å². The molecule has 0 aliphatic rings. The smallest absolute Gasteiger partial charge is 0.236 e. The molecule has 1 heterocycles. The van der Waals surface area contributed by atoms with Crippen LogP contribution in [0.2, 0.25) is 0 Å². The number of hydrogen-bond acceptors (Lipinski definition) is 6. The summed E-state index contributed by atoms with van der Waals surface area (Å²) in [6, 6.07) is 1.23. The van der Waals surface area contributed by atoms with Gasteiger partial charge in [0.25, 0.3) is 0 Å². The summed E-state index contributed by atoms with van der Waals surface area (Å²) in [6.07, 6.45) is -0.892. The number of carbonyl (C=O) groups is 1. The third-order valence-electron chi connectivity index (χ3n) is 2.31. The minimum absolute atomic E-state index is 0.0515. The van der Waals surface area contributed by atoms with Crippen molar-refractivity contribution in [2.75, 3.05) is 11.5 Å². The molecule has 2 unspecified atom stereocenters. The second-order valence-electron chi connectivity index (χ2n) is 3.79. The van der Waals surface area contributed by atoms with Crippen LogP contribution >= 0.6 is 11.8 Å². The van der Waals surface area contributed by atoms with Crippen molar-refractivity contribution in [2.24, 2.45) is 0 Å². The lowest BCUT2D eigenvalue weighted by atomic mass is 10.0. The molecule has 0 bridgehead atoms. The molecular formula is C11H15FN2O3S. The average molecular weight is 274 g/mol. The molecule has 0 radical (unpaired) electrons. The summed E-state index contributed by atoms with van der Waals surface area (Å²) in [5, 5.41) is 19.5. The lowest BCUT2D eigenvalue weighted by Crippen LogP contribution is -2.19. The molecule has 0 amide bonds. The van der Waals surface area contributed by atoms with Crippen LogP contribution in [0.3, 0.4) is 0 Å². The zero-order valence-electron chi connectivity index (χ0n) is 9.84. The van der Waals surface area contributed by atoms with Crippen LogP contribution in [0.1, 0.15) is 25.0 Å². The quantitative estimate of drug-likeness (QED) is 0.689. The monoisotopic (exact) mass is 274 g/mol. The van der Waals surface area contributed by atoms with E-state index < -0.39 is 18.2 Å². The van der Waals surface area contributed by atoms with Crippen molar-refractivity contribution >= 4 is 22.6 Å². The molecule has 1 aromatic heterocycles. The molecule has 0 fully saturated rings. The van der Waals surface area contributed by atoms with E-state index in [1.807, 2.05) is 0 Å². The van der Waals surface area contributed by atoms with Gasteiger partial charge in [-0.3, -0.25) is 4.79 Å². The van der Waals surface area contributed by atoms with Crippen molar-refractivity contribution in [3.8, 4) is 0 Å². The number of nitrogens with two attached hydrogens (primary N) is 1. The van der Waals surface area contributed by atoms with Gasteiger partial charge in [0.15, 0.2) is 5.12 Å². The van der Waals surface area contributed by atoms with E-state index in [0.717, 1.165) is 18.0 Å². The minimum Gasteiger partial charge on any atom is -0.395 e. The molecule has 2 atom stereocenters. The van der Waals surface area contributed by atoms with Crippen LogP contribution in [0.25, 0.3) is 0 Å². The predicted molar refractivity (Wildman–Crippen MR) is 67.3 cm³/mol. The van der Waals surface area contributed by atoms with E-state index in [4.69, 9.17) is 5.73 Å². The van der Waals surface area contributed by atoms with Gasteiger partial charge in [-0.2, -0.15) is 4.39 Å². The number of aromatic nitrogens is 1. The molecule has 0 spiro atoms. The first kappa shape index (κ1) is 14.9. The van der Waals surface area contributed by atoms with E-state index in [-0.39, 0.29) is 22.8 Å². The topological polar surface area (TPSA) is 96.4 Å². The largest absolute Gasteiger partial charge is 0.395 e. The minimum atomic E-state index is -1.20. The van der Waals surface area contributed by atoms with Crippen LogP contribution in [0.5, 0.6) is 0 Å². The van der Waals surface area contributed by atoms with E-state index in [2.05, 4.69) is 4.98 Å². The molecule has 0 saturated carbocycles. The number of rotatable bonds is 5. The van der Waals surface area contributed by atoms with E-state index in [9.17, 15) is 19.4 Å². The standard InChI is InChI=1S/C11H15FN2O3S/c1-6(15)18-3-2-9(16)10(17)7-4-8(13)11(12)14-5-7/h4-5,9-10,16-17H,2-3,13H2,1H3. The first-order valence-corrected chi connectivity index (χ1v) is 6.30. The Labute approximate surface area is 108 Å². The van der Waals surface area contributed by atoms with Crippen molar-refractivity contribution in [3.05, 3.63) is 23.8 Å². The van der Waals surface area contributed by atoms with Crippen molar-refractivity contribution in [3.63, 3.8) is 0 Å². The summed E-state index contributed by atoms with van der Waals surface area (Å²) < 4.78 is 12.8. The van der Waals surface area contributed by atoms with Gasteiger partial charge >= 0.3 is 0 Å². The second-order valence-corrected chi connectivity index (χ2v) is 5.06. The lowest BCUT2D eigenvalue weighted by Gasteiger charge is -2.17. The number of hydrogen-bond donors (Lipinski definition) is 3. The number of anilines is 1. The SMILES string of the molecule is CC(=O)SCCC(O)C(O)c1cnc(F)c(N)c1. The molecule has 0 aromatic carbocycles. The fraction of sp³-hybridized carbons (Fsp3) is 0.455. The maximum absolute atomic E-state index is 12.8. The predicted octanol–water partition coefficient (Wildman–Crippen LogP) is 0.867. The van der Waals surface area contributed by atoms with Crippen LogP contribution in [0.4, 0.5) is 10.1 Å². The van der Waals surface area contributed by atoms with Crippen molar-refractivity contribution in [1.82, 2.24) is 4.98 Å². The van der Waals surface area contributed by atoms with Gasteiger partial charge in [0, 0.05) is 24.4 Å². The summed E-state index contributed by atoms with van der Waals surface area (Å²) in [7, 11) is 0. The molecule has 0 saturated heterocycles. The van der Waals surface area contributed by atoms with Gasteiger partial charge in [0.2, 0.25) is 5.95 Å². The van der Waals surface area contributed by atoms with E-state index in [1.54, 1.807) is 0 Å². The van der Waals surface area contributed by atoms with Gasteiger partial charge in [-0.1, -0.05) is 11.8 Å². The zero-order chi connectivity index (χ0) is 13.7. The van der Waals surface area contributed by atoms with Crippen LogP contribution in [-0.2, 0) is 4.79 Å². The van der Waals surface area contributed by atoms with Crippen molar-refractivity contribution < 1.29 is 19.4 Å². The molecule has 5 nitrogen and oxygen atoms in total. The lowest BCUT2D eigenvalue weighted by molar-refractivity contribution is -0.109. The summed E-state index contributed by atoms with van der Waals surface area (Å²) in [6.45, 7) is 1.43. The van der Waals surface area contributed by atoms with Crippen LogP contribution in [-0.4, -0.2) is 32.2 Å². The number of halogens is 1. The van der Waals surface area contributed by atoms with Gasteiger partial charge in [-0.05, 0) is 12.5 Å². The van der Waals surface area contributed by atoms with Crippen molar-refractivity contribution in [1.29, 1.82) is 0 Å². The third kappa shape index (κ3) is 4.25. The number of pyridine rings is 1. The van der Waals surface area contributed by atoms with Crippen LogP contribution < -0.4 is 5.73 Å². The second kappa shape index (κ2) is 6.67. The Morgan fingerprint density at radius 1 is 1.61 bits per heavy atom. The molecule has 4 N–H and O–H groups in total. The van der Waals surface area contributed by atoms with Gasteiger partial charge in [-0.15, -0.1) is 0 Å².